The molecule has 5 nitrogen and oxygen atoms in total. The van der Waals surface area contributed by atoms with Crippen molar-refractivity contribution in [1.29, 1.82) is 0 Å². The molecular weight excluding hydrogens is 472 g/mol. The zero-order valence-electron chi connectivity index (χ0n) is 22.0. The number of carbonyl (C=O) groups is 1. The van der Waals surface area contributed by atoms with Gasteiger partial charge in [0.2, 0.25) is 0 Å². The number of amides is 1. The summed E-state index contributed by atoms with van der Waals surface area (Å²) in [6.07, 6.45) is 0.156. The van der Waals surface area contributed by atoms with Crippen molar-refractivity contribution in [2.75, 3.05) is 33.8 Å². The van der Waals surface area contributed by atoms with E-state index in [4.69, 9.17) is 9.47 Å². The van der Waals surface area contributed by atoms with Crippen molar-refractivity contribution in [3.63, 3.8) is 0 Å². The molecule has 0 aliphatic carbocycles. The molecule has 0 aliphatic rings. The average molecular weight is 507 g/mol. The Balaban J connectivity index is 1.62. The Morgan fingerprint density at radius 3 is 1.84 bits per heavy atom. The number of nitrogens with zero attached hydrogens (tertiary/aromatic N) is 1. The molecule has 194 valence electrons. The van der Waals surface area contributed by atoms with E-state index in [1.165, 1.54) is 0 Å². The van der Waals surface area contributed by atoms with Crippen LogP contribution < -0.4 is 14.8 Å². The molecule has 0 atom stereocenters. The summed E-state index contributed by atoms with van der Waals surface area (Å²) >= 11 is 0. The maximum atomic E-state index is 12.4. The zero-order chi connectivity index (χ0) is 26.6. The van der Waals surface area contributed by atoms with Crippen molar-refractivity contribution < 1.29 is 14.3 Å². The van der Waals surface area contributed by atoms with Crippen LogP contribution in [0, 0.1) is 0 Å². The molecule has 38 heavy (non-hydrogen) atoms. The predicted molar refractivity (Wildman–Crippen MR) is 154 cm³/mol. The molecule has 4 aromatic carbocycles. The predicted octanol–water partition coefficient (Wildman–Crippen LogP) is 6.76. The average Bonchev–Trinajstić information content (AvgIpc) is 2.94. The Bertz CT molecular complexity index is 1300. The molecule has 0 spiro atoms. The van der Waals surface area contributed by atoms with E-state index in [9.17, 15) is 4.79 Å². The van der Waals surface area contributed by atoms with E-state index in [-0.39, 0.29) is 0 Å². The lowest BCUT2D eigenvalue weighted by atomic mass is 9.88. The maximum Gasteiger partial charge on any atom is 0.412 e. The summed E-state index contributed by atoms with van der Waals surface area (Å²) in [6.45, 7) is 1.92. The third-order valence-electron chi connectivity index (χ3n) is 6.03. The number of hydrogen-bond donors (Lipinski definition) is 1. The first kappa shape index (κ1) is 26.7. The van der Waals surface area contributed by atoms with Crippen LogP contribution in [0.4, 0.5) is 4.79 Å². The minimum absolute atomic E-state index is 0.429. The van der Waals surface area contributed by atoms with Gasteiger partial charge in [0, 0.05) is 13.1 Å². The molecule has 0 heterocycles. The molecule has 0 unspecified atom stereocenters. The summed E-state index contributed by atoms with van der Waals surface area (Å²) < 4.78 is 11.3. The lowest BCUT2D eigenvalue weighted by Gasteiger charge is -2.18. The normalized spacial score (nSPS) is 11.6. The number of ether oxygens (including phenoxy) is 2. The Morgan fingerprint density at radius 2 is 1.24 bits per heavy atom. The van der Waals surface area contributed by atoms with Crippen LogP contribution >= 0.6 is 0 Å². The highest BCUT2D eigenvalue weighted by molar-refractivity contribution is 5.98. The third kappa shape index (κ3) is 7.82. The van der Waals surface area contributed by atoms with Gasteiger partial charge in [-0.3, -0.25) is 0 Å². The topological polar surface area (TPSA) is 50.8 Å². The first-order chi connectivity index (χ1) is 18.6. The highest BCUT2D eigenvalue weighted by Gasteiger charge is 2.15. The van der Waals surface area contributed by atoms with Gasteiger partial charge in [-0.1, -0.05) is 91.0 Å². The number of carbonyl (C=O) groups excluding carboxylic acids is 1. The van der Waals surface area contributed by atoms with Crippen LogP contribution in [-0.4, -0.2) is 44.8 Å². The minimum atomic E-state index is -0.468. The van der Waals surface area contributed by atoms with Gasteiger partial charge in [0.25, 0.3) is 0 Å². The van der Waals surface area contributed by atoms with Crippen LogP contribution in [0.3, 0.4) is 0 Å². The molecule has 0 saturated carbocycles. The fourth-order valence-corrected chi connectivity index (χ4v) is 4.16. The van der Waals surface area contributed by atoms with Crippen molar-refractivity contribution in [2.45, 2.75) is 6.42 Å². The zero-order valence-corrected chi connectivity index (χ0v) is 22.0. The van der Waals surface area contributed by atoms with Gasteiger partial charge >= 0.3 is 6.09 Å². The Kier molecular flexibility index (Phi) is 9.71. The Morgan fingerprint density at radius 1 is 0.684 bits per heavy atom. The number of likely N-dealkylation sites (N-methyl/N-ethyl adjacent to an activating group) is 1. The first-order valence-electron chi connectivity index (χ1n) is 12.8. The van der Waals surface area contributed by atoms with Crippen LogP contribution in [-0.2, 0) is 0 Å². The van der Waals surface area contributed by atoms with E-state index >= 15 is 0 Å². The number of nitrogens with one attached hydrogen (secondary N) is 1. The van der Waals surface area contributed by atoms with E-state index in [1.807, 2.05) is 80.8 Å². The fraction of sp³-hybridized carbons (Fsp3) is 0.182. The van der Waals surface area contributed by atoms with Crippen molar-refractivity contribution in [3.8, 4) is 11.5 Å². The number of para-hydroxylation sites is 1. The van der Waals surface area contributed by atoms with E-state index < -0.39 is 6.09 Å². The van der Waals surface area contributed by atoms with E-state index in [2.05, 4.69) is 46.6 Å². The van der Waals surface area contributed by atoms with Gasteiger partial charge in [0.1, 0.15) is 18.1 Å². The van der Waals surface area contributed by atoms with Gasteiger partial charge in [0.05, 0.1) is 0 Å². The van der Waals surface area contributed by atoms with Crippen LogP contribution in [0.2, 0.25) is 0 Å². The molecule has 4 aromatic rings. The van der Waals surface area contributed by atoms with Gasteiger partial charge in [-0.2, -0.15) is 0 Å². The Hall–Kier alpha value is -4.35. The molecule has 5 heteroatoms. The van der Waals surface area contributed by atoms with E-state index in [0.29, 0.717) is 25.3 Å². The number of rotatable bonds is 11. The van der Waals surface area contributed by atoms with Gasteiger partial charge < -0.3 is 19.7 Å². The molecule has 0 bridgehead atoms. The third-order valence-corrected chi connectivity index (χ3v) is 6.03. The minimum Gasteiger partial charge on any atom is -0.492 e. The highest BCUT2D eigenvalue weighted by atomic mass is 16.6. The molecular formula is C33H34N2O3. The summed E-state index contributed by atoms with van der Waals surface area (Å²) in [5.74, 6) is 1.36. The first-order valence-corrected chi connectivity index (χ1v) is 12.8. The molecule has 1 N–H and O–H groups in total. The van der Waals surface area contributed by atoms with Crippen molar-refractivity contribution in [2.24, 2.45) is 0 Å². The van der Waals surface area contributed by atoms with Gasteiger partial charge in [-0.15, -0.1) is 0 Å². The van der Waals surface area contributed by atoms with Crippen LogP contribution in [0.1, 0.15) is 23.1 Å². The summed E-state index contributed by atoms with van der Waals surface area (Å²) in [5, 5.41) is 2.91. The second-order valence-electron chi connectivity index (χ2n) is 9.14. The quantitative estimate of drug-likeness (QED) is 0.228. The maximum absolute atomic E-state index is 12.4. The summed E-state index contributed by atoms with van der Waals surface area (Å²) in [6, 6.07) is 38.0. The van der Waals surface area contributed by atoms with Gasteiger partial charge in [0.15, 0.2) is 0 Å². The van der Waals surface area contributed by atoms with Crippen LogP contribution in [0.15, 0.2) is 115 Å². The van der Waals surface area contributed by atoms with Crippen molar-refractivity contribution >= 4 is 17.2 Å². The summed E-state index contributed by atoms with van der Waals surface area (Å²) in [7, 11) is 4.06. The monoisotopic (exact) mass is 506 g/mol. The molecule has 0 saturated heterocycles. The number of benzene rings is 4. The van der Waals surface area contributed by atoms with Crippen molar-refractivity contribution in [3.05, 3.63) is 132 Å². The molecule has 0 fully saturated rings. The van der Waals surface area contributed by atoms with Crippen LogP contribution in [0.5, 0.6) is 11.5 Å². The molecule has 4 rings (SSSR count). The van der Waals surface area contributed by atoms with Gasteiger partial charge in [-0.25, -0.2) is 4.79 Å². The van der Waals surface area contributed by atoms with E-state index in [0.717, 1.165) is 40.1 Å². The second-order valence-corrected chi connectivity index (χ2v) is 9.14. The largest absolute Gasteiger partial charge is 0.492 e. The summed E-state index contributed by atoms with van der Waals surface area (Å²) in [4.78, 5) is 14.5. The number of hydrogen-bond acceptors (Lipinski definition) is 4. The SMILES string of the molecule is CN(C)CCOc1ccc(/C(=C(/CCNC(=O)Oc2ccccc2)c2ccccc2)c2ccccc2)cc1. The lowest BCUT2D eigenvalue weighted by Crippen LogP contribution is -2.28. The molecule has 0 aromatic heterocycles. The molecule has 0 aliphatic heterocycles. The van der Waals surface area contributed by atoms with Gasteiger partial charge in [-0.05, 0) is 72.6 Å². The Labute approximate surface area is 225 Å². The lowest BCUT2D eigenvalue weighted by molar-refractivity contribution is 0.201. The molecule has 1 amide bonds. The second kappa shape index (κ2) is 13.8. The fourth-order valence-electron chi connectivity index (χ4n) is 4.16. The van der Waals surface area contributed by atoms with E-state index in [1.54, 1.807) is 12.1 Å². The smallest absolute Gasteiger partial charge is 0.412 e. The summed E-state index contributed by atoms with van der Waals surface area (Å²) in [5.41, 5.74) is 5.56. The standard InChI is InChI=1S/C33H34N2O3/c1-35(2)24-25-37-29-20-18-28(19-21-29)32(27-14-8-4-9-15-27)31(26-12-6-3-7-13-26)22-23-34-33(36)38-30-16-10-5-11-17-30/h3-21H,22-25H2,1-2H3,(H,34,36)/b32-31-. The van der Waals surface area contributed by atoms with Crippen LogP contribution in [0.25, 0.3) is 11.1 Å². The van der Waals surface area contributed by atoms with Crippen molar-refractivity contribution in [1.82, 2.24) is 10.2 Å². The highest BCUT2D eigenvalue weighted by Crippen LogP contribution is 2.35. The molecule has 0 radical (unpaired) electrons.